The molecule has 1 N–H and O–H groups in total. The molecule has 0 atom stereocenters. The van der Waals surface area contributed by atoms with E-state index >= 15 is 0 Å². The van der Waals surface area contributed by atoms with Crippen molar-refractivity contribution in [3.05, 3.63) is 58.6 Å². The molecule has 2 aromatic carbocycles. The highest BCUT2D eigenvalue weighted by molar-refractivity contribution is 6.31. The van der Waals surface area contributed by atoms with Crippen LogP contribution in [-0.2, 0) is 11.2 Å². The van der Waals surface area contributed by atoms with Crippen molar-refractivity contribution in [2.24, 2.45) is 0 Å². The molecule has 0 aliphatic carbocycles. The third kappa shape index (κ3) is 4.65. The minimum absolute atomic E-state index is 0.161. The molecule has 0 spiro atoms. The Hall–Kier alpha value is -2.53. The van der Waals surface area contributed by atoms with E-state index in [1.807, 2.05) is 48.2 Å². The highest BCUT2D eigenvalue weighted by Crippen LogP contribution is 2.30. The van der Waals surface area contributed by atoms with Crippen LogP contribution >= 0.6 is 11.6 Å². The van der Waals surface area contributed by atoms with E-state index in [1.165, 1.54) is 5.56 Å². The number of rotatable bonds is 5. The number of carbonyl (C=O) groups excluding carboxylic acids is 2. The van der Waals surface area contributed by atoms with Gasteiger partial charge in [0.05, 0.1) is 11.4 Å². The van der Waals surface area contributed by atoms with Gasteiger partial charge in [0.1, 0.15) is 0 Å². The number of amides is 2. The van der Waals surface area contributed by atoms with Gasteiger partial charge in [-0.05, 0) is 42.3 Å². The molecule has 0 bridgehead atoms. The zero-order valence-electron chi connectivity index (χ0n) is 16.4. The first kappa shape index (κ1) is 20.2. The maximum Gasteiger partial charge on any atom is 0.255 e. The number of nitrogens with one attached hydrogen (secondary N) is 1. The number of hydrogen-bond acceptors (Lipinski definition) is 3. The van der Waals surface area contributed by atoms with Crippen molar-refractivity contribution in [1.82, 2.24) is 4.90 Å². The highest BCUT2D eigenvalue weighted by atomic mass is 35.5. The van der Waals surface area contributed by atoms with E-state index in [1.54, 1.807) is 6.07 Å². The van der Waals surface area contributed by atoms with Crippen molar-refractivity contribution >= 4 is 34.8 Å². The quantitative estimate of drug-likeness (QED) is 0.819. The normalized spacial score (nSPS) is 14.1. The number of benzene rings is 2. The fourth-order valence-electron chi connectivity index (χ4n) is 3.39. The van der Waals surface area contributed by atoms with E-state index in [9.17, 15) is 9.59 Å². The Morgan fingerprint density at radius 3 is 2.29 bits per heavy atom. The molecule has 3 rings (SSSR count). The highest BCUT2D eigenvalue weighted by Gasteiger charge is 2.22. The first-order chi connectivity index (χ1) is 13.5. The fraction of sp³-hybridized carbons (Fsp3) is 0.364. The van der Waals surface area contributed by atoms with Gasteiger partial charge in [-0.3, -0.25) is 9.59 Å². The van der Waals surface area contributed by atoms with Crippen molar-refractivity contribution in [2.45, 2.75) is 26.7 Å². The van der Waals surface area contributed by atoms with Crippen molar-refractivity contribution in [3.63, 3.8) is 0 Å². The van der Waals surface area contributed by atoms with Crippen LogP contribution in [0.4, 0.5) is 11.4 Å². The summed E-state index contributed by atoms with van der Waals surface area (Å²) >= 11 is 6.19. The molecule has 2 amide bonds. The van der Waals surface area contributed by atoms with Gasteiger partial charge in [0.2, 0.25) is 5.91 Å². The van der Waals surface area contributed by atoms with Crippen molar-refractivity contribution in [3.8, 4) is 0 Å². The van der Waals surface area contributed by atoms with E-state index in [-0.39, 0.29) is 11.8 Å². The Morgan fingerprint density at radius 1 is 1.00 bits per heavy atom. The van der Waals surface area contributed by atoms with E-state index < -0.39 is 0 Å². The molecule has 1 aliphatic rings. The zero-order chi connectivity index (χ0) is 20.1. The van der Waals surface area contributed by atoms with Crippen LogP contribution in [0.2, 0.25) is 5.02 Å². The van der Waals surface area contributed by atoms with Gasteiger partial charge in [-0.15, -0.1) is 0 Å². The Bertz CT molecular complexity index is 843. The maximum absolute atomic E-state index is 12.7. The van der Waals surface area contributed by atoms with Gasteiger partial charge in [-0.1, -0.05) is 37.6 Å². The van der Waals surface area contributed by atoms with Crippen molar-refractivity contribution in [2.75, 3.05) is 36.4 Å². The average molecular weight is 400 g/mol. The third-order valence-electron chi connectivity index (χ3n) is 5.11. The summed E-state index contributed by atoms with van der Waals surface area (Å²) in [6.07, 6.45) is 1.46. The predicted octanol–water partition coefficient (Wildman–Crippen LogP) is 4.21. The smallest absolute Gasteiger partial charge is 0.255 e. The lowest BCUT2D eigenvalue weighted by atomic mass is 10.1. The Kier molecular flexibility index (Phi) is 6.57. The van der Waals surface area contributed by atoms with Gasteiger partial charge >= 0.3 is 0 Å². The van der Waals surface area contributed by atoms with E-state index in [0.717, 1.165) is 25.2 Å². The summed E-state index contributed by atoms with van der Waals surface area (Å²) in [6.45, 7) is 6.78. The van der Waals surface area contributed by atoms with E-state index in [2.05, 4.69) is 17.1 Å². The monoisotopic (exact) mass is 399 g/mol. The molecular weight excluding hydrogens is 374 g/mol. The number of carbonyl (C=O) groups is 2. The third-order valence-corrected chi connectivity index (χ3v) is 5.34. The van der Waals surface area contributed by atoms with Crippen LogP contribution in [-0.4, -0.2) is 42.9 Å². The fourth-order valence-corrected chi connectivity index (χ4v) is 3.56. The lowest BCUT2D eigenvalue weighted by Crippen LogP contribution is -2.48. The number of aryl methyl sites for hydroxylation is 1. The van der Waals surface area contributed by atoms with Gasteiger partial charge in [-0.25, -0.2) is 0 Å². The number of piperazine rings is 1. The van der Waals surface area contributed by atoms with Crippen LogP contribution in [0, 0.1) is 0 Å². The maximum atomic E-state index is 12.7. The van der Waals surface area contributed by atoms with Gasteiger partial charge in [0.15, 0.2) is 0 Å². The van der Waals surface area contributed by atoms with Crippen LogP contribution in [0.1, 0.15) is 36.2 Å². The zero-order valence-corrected chi connectivity index (χ0v) is 17.1. The standard InChI is InChI=1S/C22H26ClN3O2/c1-3-16-5-7-17(8-6-16)22(28)24-19-15-18(23)9-10-20(19)25-11-13-26(14-12-25)21(27)4-2/h5-10,15H,3-4,11-14H2,1-2H3,(H,24,28). The van der Waals surface area contributed by atoms with Gasteiger partial charge in [0, 0.05) is 43.2 Å². The summed E-state index contributed by atoms with van der Waals surface area (Å²) in [6, 6.07) is 13.1. The van der Waals surface area contributed by atoms with Gasteiger partial charge < -0.3 is 15.1 Å². The van der Waals surface area contributed by atoms with Crippen LogP contribution in [0.15, 0.2) is 42.5 Å². The molecular formula is C22H26ClN3O2. The molecule has 6 heteroatoms. The summed E-state index contributed by atoms with van der Waals surface area (Å²) in [5.41, 5.74) is 3.42. The molecule has 1 aliphatic heterocycles. The first-order valence-corrected chi connectivity index (χ1v) is 10.1. The Labute approximate surface area is 171 Å². The molecule has 148 valence electrons. The molecule has 5 nitrogen and oxygen atoms in total. The summed E-state index contributed by atoms with van der Waals surface area (Å²) in [7, 11) is 0. The van der Waals surface area contributed by atoms with Crippen LogP contribution < -0.4 is 10.2 Å². The minimum Gasteiger partial charge on any atom is -0.366 e. The van der Waals surface area contributed by atoms with Crippen molar-refractivity contribution < 1.29 is 9.59 Å². The van der Waals surface area contributed by atoms with Crippen LogP contribution in [0.5, 0.6) is 0 Å². The second-order valence-corrected chi connectivity index (χ2v) is 7.32. The van der Waals surface area contributed by atoms with Crippen LogP contribution in [0.3, 0.4) is 0 Å². The molecule has 0 radical (unpaired) electrons. The molecule has 1 heterocycles. The summed E-state index contributed by atoms with van der Waals surface area (Å²) in [5.74, 6) is 0.0192. The predicted molar refractivity (Wildman–Crippen MR) is 114 cm³/mol. The average Bonchev–Trinajstić information content (AvgIpc) is 2.73. The molecule has 2 aromatic rings. The van der Waals surface area contributed by atoms with E-state index in [0.29, 0.717) is 35.8 Å². The molecule has 0 aromatic heterocycles. The minimum atomic E-state index is -0.161. The second kappa shape index (κ2) is 9.11. The lowest BCUT2D eigenvalue weighted by molar-refractivity contribution is -0.131. The Morgan fingerprint density at radius 2 is 1.68 bits per heavy atom. The topological polar surface area (TPSA) is 52.7 Å². The summed E-state index contributed by atoms with van der Waals surface area (Å²) in [5, 5.41) is 3.57. The number of anilines is 2. The second-order valence-electron chi connectivity index (χ2n) is 6.89. The molecule has 1 saturated heterocycles. The van der Waals surface area contributed by atoms with Gasteiger partial charge in [-0.2, -0.15) is 0 Å². The molecule has 0 saturated carbocycles. The lowest BCUT2D eigenvalue weighted by Gasteiger charge is -2.37. The largest absolute Gasteiger partial charge is 0.366 e. The Balaban J connectivity index is 1.75. The number of halogens is 1. The van der Waals surface area contributed by atoms with Gasteiger partial charge in [0.25, 0.3) is 5.91 Å². The number of nitrogens with zero attached hydrogens (tertiary/aromatic N) is 2. The van der Waals surface area contributed by atoms with Crippen LogP contribution in [0.25, 0.3) is 0 Å². The SMILES string of the molecule is CCC(=O)N1CCN(c2ccc(Cl)cc2NC(=O)c2ccc(CC)cc2)CC1. The first-order valence-electron chi connectivity index (χ1n) is 9.74. The van der Waals surface area contributed by atoms with E-state index in [4.69, 9.17) is 11.6 Å². The number of hydrogen-bond donors (Lipinski definition) is 1. The molecule has 0 unspecified atom stereocenters. The molecule has 28 heavy (non-hydrogen) atoms. The van der Waals surface area contributed by atoms with Crippen molar-refractivity contribution in [1.29, 1.82) is 0 Å². The summed E-state index contributed by atoms with van der Waals surface area (Å²) in [4.78, 5) is 28.7. The summed E-state index contributed by atoms with van der Waals surface area (Å²) < 4.78 is 0. The molecule has 1 fully saturated rings.